The first-order valence-corrected chi connectivity index (χ1v) is 9.54. The first-order valence-electron chi connectivity index (χ1n) is 9.54. The fourth-order valence-electron chi connectivity index (χ4n) is 3.77. The lowest BCUT2D eigenvalue weighted by Gasteiger charge is -2.32. The molecule has 0 saturated carbocycles. The molecule has 3 aromatic rings. The standard InChI is InChI=1S/C21H25N5O/c1-24-16-22-15-20(24)18-3-5-19(6-4-18)21(27)25-12-7-17(8-13-25)9-14-26-11-2-10-23-26/h2-6,10-11,15-17H,7-9,12-14H2,1H3. The van der Waals surface area contributed by atoms with Crippen LogP contribution in [0.3, 0.4) is 0 Å². The highest BCUT2D eigenvalue weighted by Gasteiger charge is 2.23. The summed E-state index contributed by atoms with van der Waals surface area (Å²) < 4.78 is 3.96. The average Bonchev–Trinajstić information content (AvgIpc) is 3.38. The van der Waals surface area contributed by atoms with Gasteiger partial charge >= 0.3 is 0 Å². The number of carbonyl (C=O) groups excluding carboxylic acids is 1. The molecule has 0 radical (unpaired) electrons. The fraction of sp³-hybridized carbons (Fsp3) is 0.381. The minimum Gasteiger partial charge on any atom is -0.339 e. The lowest BCUT2D eigenvalue weighted by atomic mass is 9.93. The van der Waals surface area contributed by atoms with E-state index in [4.69, 9.17) is 0 Å². The Bertz CT molecular complexity index is 874. The van der Waals surface area contributed by atoms with Crippen LogP contribution in [-0.2, 0) is 13.6 Å². The van der Waals surface area contributed by atoms with Gasteiger partial charge in [0.15, 0.2) is 0 Å². The van der Waals surface area contributed by atoms with Gasteiger partial charge in [-0.3, -0.25) is 9.48 Å². The number of hydrogen-bond donors (Lipinski definition) is 0. The van der Waals surface area contributed by atoms with Gasteiger partial charge in [0.05, 0.1) is 18.2 Å². The molecule has 140 valence electrons. The molecule has 6 heteroatoms. The number of aryl methyl sites for hydroxylation is 2. The first-order chi connectivity index (χ1) is 13.2. The molecular weight excluding hydrogens is 338 g/mol. The minimum atomic E-state index is 0.136. The third kappa shape index (κ3) is 3.94. The van der Waals surface area contributed by atoms with Crippen molar-refractivity contribution < 1.29 is 4.79 Å². The molecule has 0 N–H and O–H groups in total. The van der Waals surface area contributed by atoms with E-state index in [0.29, 0.717) is 5.92 Å². The van der Waals surface area contributed by atoms with Gasteiger partial charge in [0, 0.05) is 44.6 Å². The zero-order chi connectivity index (χ0) is 18.6. The second-order valence-corrected chi connectivity index (χ2v) is 7.26. The third-order valence-corrected chi connectivity index (χ3v) is 5.47. The van der Waals surface area contributed by atoms with Crippen molar-refractivity contribution in [3.8, 4) is 11.3 Å². The topological polar surface area (TPSA) is 56.0 Å². The molecule has 0 atom stereocenters. The van der Waals surface area contributed by atoms with Crippen molar-refractivity contribution in [3.05, 3.63) is 60.8 Å². The molecule has 0 aliphatic carbocycles. The lowest BCUT2D eigenvalue weighted by molar-refractivity contribution is 0.0684. The summed E-state index contributed by atoms with van der Waals surface area (Å²) in [4.78, 5) is 18.9. The molecular formula is C21H25N5O. The van der Waals surface area contributed by atoms with E-state index in [9.17, 15) is 4.79 Å². The number of imidazole rings is 1. The maximum atomic E-state index is 12.8. The lowest BCUT2D eigenvalue weighted by Crippen LogP contribution is -2.38. The molecule has 3 heterocycles. The smallest absolute Gasteiger partial charge is 0.253 e. The van der Waals surface area contributed by atoms with Crippen LogP contribution >= 0.6 is 0 Å². The molecule has 2 aromatic heterocycles. The molecule has 0 bridgehead atoms. The number of hydrogen-bond acceptors (Lipinski definition) is 3. The molecule has 1 aromatic carbocycles. The van der Waals surface area contributed by atoms with Gasteiger partial charge in [-0.2, -0.15) is 5.10 Å². The molecule has 0 unspecified atom stereocenters. The van der Waals surface area contributed by atoms with Gasteiger partial charge in [0.1, 0.15) is 0 Å². The van der Waals surface area contributed by atoms with Crippen molar-refractivity contribution >= 4 is 5.91 Å². The molecule has 6 nitrogen and oxygen atoms in total. The summed E-state index contributed by atoms with van der Waals surface area (Å²) in [6, 6.07) is 9.81. The normalized spacial score (nSPS) is 15.2. The zero-order valence-electron chi connectivity index (χ0n) is 15.7. The minimum absolute atomic E-state index is 0.136. The predicted octanol–water partition coefficient (Wildman–Crippen LogP) is 3.23. The van der Waals surface area contributed by atoms with Crippen LogP contribution in [-0.4, -0.2) is 43.2 Å². The van der Waals surface area contributed by atoms with Crippen molar-refractivity contribution in [1.29, 1.82) is 0 Å². The van der Waals surface area contributed by atoms with Crippen LogP contribution < -0.4 is 0 Å². The molecule has 0 spiro atoms. The van der Waals surface area contributed by atoms with Gasteiger partial charge in [-0.15, -0.1) is 0 Å². The molecule has 1 fully saturated rings. The zero-order valence-corrected chi connectivity index (χ0v) is 15.7. The number of carbonyl (C=O) groups is 1. The number of likely N-dealkylation sites (tertiary alicyclic amines) is 1. The predicted molar refractivity (Wildman–Crippen MR) is 104 cm³/mol. The van der Waals surface area contributed by atoms with E-state index in [1.54, 1.807) is 6.33 Å². The van der Waals surface area contributed by atoms with Gasteiger partial charge in [-0.05, 0) is 48.9 Å². The van der Waals surface area contributed by atoms with E-state index in [1.165, 1.54) is 0 Å². The Labute approximate surface area is 159 Å². The van der Waals surface area contributed by atoms with Gasteiger partial charge in [-0.1, -0.05) is 12.1 Å². The summed E-state index contributed by atoms with van der Waals surface area (Å²) in [5, 5.41) is 4.26. The van der Waals surface area contributed by atoms with Crippen molar-refractivity contribution in [2.45, 2.75) is 25.8 Å². The average molecular weight is 363 g/mol. The number of piperidine rings is 1. The summed E-state index contributed by atoms with van der Waals surface area (Å²) >= 11 is 0. The van der Waals surface area contributed by atoms with Crippen LogP contribution in [0.1, 0.15) is 29.6 Å². The molecule has 1 amide bonds. The van der Waals surface area contributed by atoms with Crippen molar-refractivity contribution in [1.82, 2.24) is 24.2 Å². The number of benzene rings is 1. The molecule has 4 rings (SSSR count). The van der Waals surface area contributed by atoms with Crippen molar-refractivity contribution in [3.63, 3.8) is 0 Å². The number of amides is 1. The fourth-order valence-corrected chi connectivity index (χ4v) is 3.77. The molecule has 1 aliphatic rings. The second-order valence-electron chi connectivity index (χ2n) is 7.26. The highest BCUT2D eigenvalue weighted by atomic mass is 16.2. The Kier molecular flexibility index (Phi) is 5.05. The highest BCUT2D eigenvalue weighted by Crippen LogP contribution is 2.24. The summed E-state index contributed by atoms with van der Waals surface area (Å²) in [5.41, 5.74) is 2.88. The Morgan fingerprint density at radius 3 is 2.59 bits per heavy atom. The summed E-state index contributed by atoms with van der Waals surface area (Å²) in [6.45, 7) is 2.64. The van der Waals surface area contributed by atoms with E-state index in [-0.39, 0.29) is 5.91 Å². The molecule has 1 saturated heterocycles. The van der Waals surface area contributed by atoms with Gasteiger partial charge in [0.25, 0.3) is 5.91 Å². The van der Waals surface area contributed by atoms with Crippen LogP contribution in [0.25, 0.3) is 11.3 Å². The quantitative estimate of drug-likeness (QED) is 0.699. The number of aromatic nitrogens is 4. The van der Waals surface area contributed by atoms with E-state index >= 15 is 0 Å². The SMILES string of the molecule is Cn1cncc1-c1ccc(C(=O)N2CCC(CCn3cccn3)CC2)cc1. The summed E-state index contributed by atoms with van der Waals surface area (Å²) in [5.74, 6) is 0.808. The number of nitrogens with zero attached hydrogens (tertiary/aromatic N) is 5. The maximum Gasteiger partial charge on any atom is 0.253 e. The Morgan fingerprint density at radius 2 is 1.96 bits per heavy atom. The molecule has 27 heavy (non-hydrogen) atoms. The van der Waals surface area contributed by atoms with Gasteiger partial charge in [0.2, 0.25) is 0 Å². The van der Waals surface area contributed by atoms with E-state index in [0.717, 1.165) is 55.7 Å². The number of rotatable bonds is 5. The van der Waals surface area contributed by atoms with Crippen LogP contribution in [0.15, 0.2) is 55.2 Å². The Morgan fingerprint density at radius 1 is 1.19 bits per heavy atom. The second kappa shape index (κ2) is 7.78. The largest absolute Gasteiger partial charge is 0.339 e. The van der Waals surface area contributed by atoms with Crippen molar-refractivity contribution in [2.24, 2.45) is 13.0 Å². The Balaban J connectivity index is 1.32. The first kappa shape index (κ1) is 17.5. The Hall–Kier alpha value is -2.89. The highest BCUT2D eigenvalue weighted by molar-refractivity contribution is 5.94. The van der Waals surface area contributed by atoms with Crippen LogP contribution in [0, 0.1) is 5.92 Å². The van der Waals surface area contributed by atoms with Crippen molar-refractivity contribution in [2.75, 3.05) is 13.1 Å². The summed E-state index contributed by atoms with van der Waals surface area (Å²) in [6.07, 6.45) is 10.7. The van der Waals surface area contributed by atoms with Gasteiger partial charge < -0.3 is 9.47 Å². The van der Waals surface area contributed by atoms with E-state index in [2.05, 4.69) is 10.1 Å². The van der Waals surface area contributed by atoms with Crippen LogP contribution in [0.2, 0.25) is 0 Å². The van der Waals surface area contributed by atoms with Gasteiger partial charge in [-0.25, -0.2) is 4.98 Å². The van der Waals surface area contributed by atoms with E-state index in [1.807, 2.05) is 70.1 Å². The monoisotopic (exact) mass is 363 g/mol. The maximum absolute atomic E-state index is 12.8. The van der Waals surface area contributed by atoms with E-state index < -0.39 is 0 Å². The van der Waals surface area contributed by atoms with Crippen LogP contribution in [0.5, 0.6) is 0 Å². The summed E-state index contributed by atoms with van der Waals surface area (Å²) in [7, 11) is 1.97. The van der Waals surface area contributed by atoms with Crippen LogP contribution in [0.4, 0.5) is 0 Å². The molecule has 1 aliphatic heterocycles. The third-order valence-electron chi connectivity index (χ3n) is 5.47.